The third-order valence-electron chi connectivity index (χ3n) is 5.65. The van der Waals surface area contributed by atoms with Crippen LogP contribution in [-0.4, -0.2) is 79.4 Å². The van der Waals surface area contributed by atoms with Gasteiger partial charge in [-0.3, -0.25) is 4.79 Å². The molecule has 0 saturated carbocycles. The Morgan fingerprint density at radius 3 is 2.87 bits per heavy atom. The van der Waals surface area contributed by atoms with E-state index in [0.717, 1.165) is 0 Å². The van der Waals surface area contributed by atoms with E-state index in [1.165, 1.54) is 0 Å². The molecule has 0 aromatic heterocycles. The number of nitrogens with one attached hydrogen (secondary N) is 2. The second kappa shape index (κ2) is 9.71. The number of aliphatic hydroxyl groups is 1. The third-order valence-corrected chi connectivity index (χ3v) is 5.65. The maximum atomic E-state index is 13.1. The molecular formula is C21H29N3O7. The van der Waals surface area contributed by atoms with E-state index >= 15 is 0 Å². The van der Waals surface area contributed by atoms with Gasteiger partial charge in [-0.05, 0) is 31.9 Å². The Bertz CT molecular complexity index is 805. The lowest BCUT2D eigenvalue weighted by atomic mass is 9.95. The quantitative estimate of drug-likeness (QED) is 0.648. The lowest BCUT2D eigenvalue weighted by Gasteiger charge is -2.44. The average Bonchev–Trinajstić information content (AvgIpc) is 3.19. The smallest absolute Gasteiger partial charge is 0.322 e. The normalized spacial score (nSPS) is 27.6. The summed E-state index contributed by atoms with van der Waals surface area (Å²) in [4.78, 5) is 26.7. The number of carbonyl (C=O) groups excluding carboxylic acids is 2. The summed E-state index contributed by atoms with van der Waals surface area (Å²) in [6.07, 6.45) is 0.184. The zero-order valence-electron chi connectivity index (χ0n) is 17.5. The molecule has 1 aromatic carbocycles. The minimum absolute atomic E-state index is 0.0504. The van der Waals surface area contributed by atoms with Gasteiger partial charge in [0.2, 0.25) is 12.7 Å². The first-order valence-electron chi connectivity index (χ1n) is 10.7. The summed E-state index contributed by atoms with van der Waals surface area (Å²) in [6.45, 7) is 3.10. The largest absolute Gasteiger partial charge is 0.454 e. The monoisotopic (exact) mass is 435 g/mol. The van der Waals surface area contributed by atoms with Crippen LogP contribution >= 0.6 is 0 Å². The van der Waals surface area contributed by atoms with E-state index in [1.807, 2.05) is 6.92 Å². The van der Waals surface area contributed by atoms with Crippen molar-refractivity contribution in [1.82, 2.24) is 10.2 Å². The van der Waals surface area contributed by atoms with Crippen LogP contribution in [0.5, 0.6) is 11.5 Å². The van der Waals surface area contributed by atoms with Crippen molar-refractivity contribution in [3.05, 3.63) is 18.2 Å². The number of anilines is 1. The zero-order valence-corrected chi connectivity index (χ0v) is 17.5. The maximum Gasteiger partial charge on any atom is 0.322 e. The summed E-state index contributed by atoms with van der Waals surface area (Å²) < 4.78 is 22.4. The minimum atomic E-state index is -0.795. The van der Waals surface area contributed by atoms with Gasteiger partial charge in [-0.1, -0.05) is 0 Å². The number of rotatable bonds is 4. The minimum Gasteiger partial charge on any atom is -0.454 e. The Balaban J connectivity index is 1.44. The molecule has 3 heterocycles. The van der Waals surface area contributed by atoms with E-state index in [-0.39, 0.29) is 63.2 Å². The zero-order chi connectivity index (χ0) is 21.8. The molecule has 3 N–H and O–H groups in total. The van der Waals surface area contributed by atoms with Gasteiger partial charge in [-0.25, -0.2) is 4.79 Å². The number of benzene rings is 1. The molecule has 0 bridgehead atoms. The second-order valence-electron chi connectivity index (χ2n) is 7.94. The van der Waals surface area contributed by atoms with Crippen LogP contribution in [0.15, 0.2) is 18.2 Å². The van der Waals surface area contributed by atoms with Gasteiger partial charge in [0.05, 0.1) is 44.4 Å². The van der Waals surface area contributed by atoms with Crippen LogP contribution in [0.2, 0.25) is 0 Å². The Morgan fingerprint density at radius 1 is 1.19 bits per heavy atom. The molecule has 2 fully saturated rings. The molecule has 3 aliphatic heterocycles. The highest BCUT2D eigenvalue weighted by molar-refractivity contribution is 5.90. The van der Waals surface area contributed by atoms with Gasteiger partial charge in [0.25, 0.3) is 0 Å². The fraction of sp³-hybridized carbons (Fsp3) is 0.619. The first-order valence-corrected chi connectivity index (χ1v) is 10.7. The molecule has 10 heteroatoms. The number of nitrogens with zero attached hydrogens (tertiary/aromatic N) is 1. The van der Waals surface area contributed by atoms with Crippen LogP contribution < -0.4 is 20.1 Å². The Labute approximate surface area is 180 Å². The highest BCUT2D eigenvalue weighted by Crippen LogP contribution is 2.34. The van der Waals surface area contributed by atoms with E-state index in [0.29, 0.717) is 36.6 Å². The SMILES string of the molecule is CCNC(=O)C[C@H]1CC[C@H]2[C@@H](COC[C@@H](O)CN2C(=O)Nc2ccc3c(c2)OCO3)O1. The van der Waals surface area contributed by atoms with Gasteiger partial charge in [0.1, 0.15) is 6.10 Å². The van der Waals surface area contributed by atoms with E-state index < -0.39 is 6.10 Å². The van der Waals surface area contributed by atoms with Crippen molar-refractivity contribution in [3.63, 3.8) is 0 Å². The number of carbonyl (C=O) groups is 2. The standard InChI is InChI=1S/C21H29N3O7/c1-2-22-20(26)8-15-4-5-16-19(31-15)11-28-10-14(25)9-24(16)21(27)23-13-3-6-17-18(7-13)30-12-29-17/h3,6-7,14-16,19,25H,2,4-5,8-12H2,1H3,(H,22,26)(H,23,27)/t14-,15+,16-,19+/m0/s1. The number of fused-ring (bicyclic) bond motifs is 2. The molecule has 170 valence electrons. The molecule has 3 amide bonds. The number of aliphatic hydroxyl groups excluding tert-OH is 1. The lowest BCUT2D eigenvalue weighted by molar-refractivity contribution is -0.149. The molecule has 0 spiro atoms. The fourth-order valence-electron chi connectivity index (χ4n) is 4.22. The highest BCUT2D eigenvalue weighted by atomic mass is 16.7. The number of hydrogen-bond acceptors (Lipinski definition) is 7. The summed E-state index contributed by atoms with van der Waals surface area (Å²) in [5, 5.41) is 15.9. The Kier molecular flexibility index (Phi) is 6.79. The summed E-state index contributed by atoms with van der Waals surface area (Å²) in [5.41, 5.74) is 0.574. The van der Waals surface area contributed by atoms with E-state index in [4.69, 9.17) is 18.9 Å². The van der Waals surface area contributed by atoms with Crippen LogP contribution in [0.4, 0.5) is 10.5 Å². The van der Waals surface area contributed by atoms with Crippen molar-refractivity contribution < 1.29 is 33.6 Å². The first-order chi connectivity index (χ1) is 15.0. The van der Waals surface area contributed by atoms with Crippen LogP contribution in [0, 0.1) is 0 Å². The van der Waals surface area contributed by atoms with Gasteiger partial charge in [0.15, 0.2) is 11.5 Å². The van der Waals surface area contributed by atoms with Crippen LogP contribution in [0.1, 0.15) is 26.2 Å². The molecule has 3 aliphatic rings. The topological polar surface area (TPSA) is 119 Å². The van der Waals surface area contributed by atoms with Crippen molar-refractivity contribution in [2.45, 2.75) is 50.5 Å². The highest BCUT2D eigenvalue weighted by Gasteiger charge is 2.40. The van der Waals surface area contributed by atoms with Gasteiger partial charge < -0.3 is 39.6 Å². The van der Waals surface area contributed by atoms with Crippen LogP contribution in [0.3, 0.4) is 0 Å². The van der Waals surface area contributed by atoms with Gasteiger partial charge in [-0.2, -0.15) is 0 Å². The molecule has 31 heavy (non-hydrogen) atoms. The van der Waals surface area contributed by atoms with Crippen molar-refractivity contribution in [2.24, 2.45) is 0 Å². The predicted octanol–water partition coefficient (Wildman–Crippen LogP) is 1.08. The van der Waals surface area contributed by atoms with Gasteiger partial charge in [-0.15, -0.1) is 0 Å². The molecule has 4 rings (SSSR count). The lowest BCUT2D eigenvalue weighted by Crippen LogP contribution is -2.58. The molecule has 0 aliphatic carbocycles. The Hall–Kier alpha value is -2.56. The molecule has 10 nitrogen and oxygen atoms in total. The van der Waals surface area contributed by atoms with Crippen LogP contribution in [-0.2, 0) is 14.3 Å². The molecule has 0 unspecified atom stereocenters. The van der Waals surface area contributed by atoms with E-state index in [9.17, 15) is 14.7 Å². The first kappa shape index (κ1) is 21.7. The predicted molar refractivity (Wildman–Crippen MR) is 110 cm³/mol. The average molecular weight is 435 g/mol. The van der Waals surface area contributed by atoms with Crippen molar-refractivity contribution >= 4 is 17.6 Å². The number of hydrogen-bond donors (Lipinski definition) is 3. The number of urea groups is 1. The van der Waals surface area contributed by atoms with Gasteiger partial charge >= 0.3 is 6.03 Å². The van der Waals surface area contributed by atoms with E-state index in [1.54, 1.807) is 23.1 Å². The van der Waals surface area contributed by atoms with Gasteiger partial charge in [0, 0.05) is 18.3 Å². The van der Waals surface area contributed by atoms with Crippen molar-refractivity contribution in [2.75, 3.05) is 38.4 Å². The molecule has 0 radical (unpaired) electrons. The fourth-order valence-corrected chi connectivity index (χ4v) is 4.22. The third kappa shape index (κ3) is 5.20. The second-order valence-corrected chi connectivity index (χ2v) is 7.94. The molecular weight excluding hydrogens is 406 g/mol. The van der Waals surface area contributed by atoms with E-state index in [2.05, 4.69) is 10.6 Å². The summed E-state index contributed by atoms with van der Waals surface area (Å²) in [6, 6.07) is 4.59. The maximum absolute atomic E-state index is 13.1. The summed E-state index contributed by atoms with van der Waals surface area (Å²) >= 11 is 0. The number of β-amino-alcohol motifs (C(OH)–C–C–N with tert-alkyl or cyclic N) is 1. The number of amides is 3. The number of ether oxygens (including phenoxy) is 4. The Morgan fingerprint density at radius 2 is 2.03 bits per heavy atom. The van der Waals surface area contributed by atoms with Crippen molar-refractivity contribution in [1.29, 1.82) is 0 Å². The van der Waals surface area contributed by atoms with Crippen LogP contribution in [0.25, 0.3) is 0 Å². The molecule has 2 saturated heterocycles. The molecule has 4 atom stereocenters. The summed E-state index contributed by atoms with van der Waals surface area (Å²) in [7, 11) is 0. The molecule has 1 aromatic rings. The summed E-state index contributed by atoms with van der Waals surface area (Å²) in [5.74, 6) is 1.16. The van der Waals surface area contributed by atoms with Crippen molar-refractivity contribution in [3.8, 4) is 11.5 Å².